The zero-order valence-corrected chi connectivity index (χ0v) is 13.6. The maximum atomic E-state index is 12.4. The van der Waals surface area contributed by atoms with Crippen molar-refractivity contribution >= 4 is 23.6 Å². The molecule has 5 nitrogen and oxygen atoms in total. The lowest BCUT2D eigenvalue weighted by molar-refractivity contribution is -0.139. The molecule has 0 radical (unpaired) electrons. The predicted octanol–water partition coefficient (Wildman–Crippen LogP) is 2.91. The number of carboxylic acid groups (broad SMARTS) is 1. The number of carbonyl (C=O) groups is 2. The first-order valence-electron chi connectivity index (χ1n) is 7.41. The minimum atomic E-state index is -4.42. The number of carboxylic acids is 1. The topological polar surface area (TPSA) is 70.5 Å². The van der Waals surface area contributed by atoms with Crippen LogP contribution in [0, 0.1) is 5.92 Å². The third-order valence-corrected chi connectivity index (χ3v) is 4.77. The number of hydrogen-bond acceptors (Lipinski definition) is 4. The zero-order valence-electron chi connectivity index (χ0n) is 12.8. The van der Waals surface area contributed by atoms with E-state index in [0.717, 1.165) is 24.0 Å². The second-order valence-electron chi connectivity index (χ2n) is 5.59. The normalized spacial score (nSPS) is 16.2. The van der Waals surface area contributed by atoms with Gasteiger partial charge >= 0.3 is 12.1 Å². The molecule has 132 valence electrons. The van der Waals surface area contributed by atoms with E-state index in [-0.39, 0.29) is 24.0 Å². The van der Waals surface area contributed by atoms with Crippen LogP contribution in [0.4, 0.5) is 13.2 Å². The molecule has 1 saturated heterocycles. The van der Waals surface area contributed by atoms with Crippen molar-refractivity contribution in [3.05, 3.63) is 23.9 Å². The summed E-state index contributed by atoms with van der Waals surface area (Å²) >= 11 is 1.09. The van der Waals surface area contributed by atoms with Crippen molar-refractivity contribution < 1.29 is 27.9 Å². The SMILES string of the molecule is O=C(O)CC1CCN(C(=O)CSc2ccc(C(F)(F)F)cn2)CC1. The number of likely N-dealkylation sites (tertiary alicyclic amines) is 1. The van der Waals surface area contributed by atoms with Crippen LogP contribution in [-0.4, -0.2) is 45.7 Å². The number of piperidine rings is 1. The fraction of sp³-hybridized carbons (Fsp3) is 0.533. The van der Waals surface area contributed by atoms with Gasteiger partial charge in [-0.25, -0.2) is 4.98 Å². The minimum absolute atomic E-state index is 0.0933. The van der Waals surface area contributed by atoms with Gasteiger partial charge in [0.15, 0.2) is 0 Å². The van der Waals surface area contributed by atoms with E-state index >= 15 is 0 Å². The maximum absolute atomic E-state index is 12.4. The molecule has 1 N–H and O–H groups in total. The summed E-state index contributed by atoms with van der Waals surface area (Å²) in [5.74, 6) is -0.753. The summed E-state index contributed by atoms with van der Waals surface area (Å²) in [5, 5.41) is 9.12. The van der Waals surface area contributed by atoms with Crippen molar-refractivity contribution in [1.82, 2.24) is 9.88 Å². The van der Waals surface area contributed by atoms with E-state index < -0.39 is 17.7 Å². The van der Waals surface area contributed by atoms with Crippen molar-refractivity contribution in [3.63, 3.8) is 0 Å². The molecule has 1 aromatic heterocycles. The van der Waals surface area contributed by atoms with Crippen molar-refractivity contribution in [3.8, 4) is 0 Å². The lowest BCUT2D eigenvalue weighted by Crippen LogP contribution is -2.39. The summed E-state index contributed by atoms with van der Waals surface area (Å²) in [6.45, 7) is 1.02. The molecule has 1 amide bonds. The molecule has 0 bridgehead atoms. The number of amides is 1. The number of hydrogen-bond donors (Lipinski definition) is 1. The molecule has 1 aliphatic heterocycles. The Morgan fingerprint density at radius 1 is 1.29 bits per heavy atom. The largest absolute Gasteiger partial charge is 0.481 e. The molecule has 0 unspecified atom stereocenters. The van der Waals surface area contributed by atoms with Gasteiger partial charge in [-0.15, -0.1) is 0 Å². The highest BCUT2D eigenvalue weighted by molar-refractivity contribution is 7.99. The average molecular weight is 362 g/mol. The Kier molecular flexibility index (Phi) is 6.09. The second-order valence-corrected chi connectivity index (χ2v) is 6.59. The van der Waals surface area contributed by atoms with Gasteiger partial charge in [0, 0.05) is 25.7 Å². The Hall–Kier alpha value is -1.77. The number of aromatic nitrogens is 1. The molecule has 0 spiro atoms. The van der Waals surface area contributed by atoms with E-state index in [9.17, 15) is 22.8 Å². The molecule has 0 aliphatic carbocycles. The van der Waals surface area contributed by atoms with Crippen LogP contribution < -0.4 is 0 Å². The number of nitrogens with zero attached hydrogens (tertiary/aromatic N) is 2. The molecule has 9 heteroatoms. The van der Waals surface area contributed by atoms with Crippen LogP contribution in [-0.2, 0) is 15.8 Å². The Labute approximate surface area is 141 Å². The van der Waals surface area contributed by atoms with Crippen LogP contribution in [0.25, 0.3) is 0 Å². The Morgan fingerprint density at radius 3 is 2.46 bits per heavy atom. The van der Waals surface area contributed by atoms with Crippen molar-refractivity contribution in [2.75, 3.05) is 18.8 Å². The molecule has 1 aliphatic rings. The zero-order chi connectivity index (χ0) is 17.7. The molecule has 0 saturated carbocycles. The van der Waals surface area contributed by atoms with Gasteiger partial charge in [0.1, 0.15) is 0 Å². The van der Waals surface area contributed by atoms with E-state index in [0.29, 0.717) is 31.0 Å². The summed E-state index contributed by atoms with van der Waals surface area (Å²) in [6.07, 6.45) is -2.24. The molecule has 0 atom stereocenters. The fourth-order valence-corrected chi connectivity index (χ4v) is 3.24. The summed E-state index contributed by atoms with van der Waals surface area (Å²) in [6, 6.07) is 2.19. The number of aliphatic carboxylic acids is 1. The van der Waals surface area contributed by atoms with E-state index in [2.05, 4.69) is 4.98 Å². The standard InChI is InChI=1S/C15H17F3N2O3S/c16-15(17,18)11-1-2-12(19-8-11)24-9-13(21)20-5-3-10(4-6-20)7-14(22)23/h1-2,8,10H,3-7,9H2,(H,22,23). The van der Waals surface area contributed by atoms with Crippen LogP contribution in [0.5, 0.6) is 0 Å². The Morgan fingerprint density at radius 2 is 1.96 bits per heavy atom. The van der Waals surface area contributed by atoms with Crippen LogP contribution in [0.3, 0.4) is 0 Å². The van der Waals surface area contributed by atoms with Gasteiger partial charge < -0.3 is 10.0 Å². The van der Waals surface area contributed by atoms with E-state index in [1.54, 1.807) is 4.90 Å². The predicted molar refractivity (Wildman–Crippen MR) is 81.5 cm³/mol. The number of rotatable bonds is 5. The van der Waals surface area contributed by atoms with Gasteiger partial charge in [0.25, 0.3) is 0 Å². The van der Waals surface area contributed by atoms with E-state index in [1.165, 1.54) is 6.07 Å². The first-order chi connectivity index (χ1) is 11.3. The average Bonchev–Trinajstić information content (AvgIpc) is 2.52. The van der Waals surface area contributed by atoms with Gasteiger partial charge in [-0.3, -0.25) is 9.59 Å². The second kappa shape index (κ2) is 7.87. The number of alkyl halides is 3. The Balaban J connectivity index is 1.78. The Bertz CT molecular complexity index is 585. The lowest BCUT2D eigenvalue weighted by Gasteiger charge is -2.31. The molecule has 2 rings (SSSR count). The third kappa shape index (κ3) is 5.40. The first-order valence-corrected chi connectivity index (χ1v) is 8.40. The molecule has 24 heavy (non-hydrogen) atoms. The van der Waals surface area contributed by atoms with Crippen molar-refractivity contribution in [1.29, 1.82) is 0 Å². The lowest BCUT2D eigenvalue weighted by atomic mass is 9.94. The van der Waals surface area contributed by atoms with Crippen LogP contribution >= 0.6 is 11.8 Å². The molecule has 1 fully saturated rings. The number of thioether (sulfide) groups is 1. The van der Waals surface area contributed by atoms with Gasteiger partial charge in [0.2, 0.25) is 5.91 Å². The fourth-order valence-electron chi connectivity index (χ4n) is 2.49. The van der Waals surface area contributed by atoms with Crippen LogP contribution in [0.15, 0.2) is 23.4 Å². The molecule has 1 aromatic rings. The van der Waals surface area contributed by atoms with Crippen LogP contribution in [0.1, 0.15) is 24.8 Å². The highest BCUT2D eigenvalue weighted by Crippen LogP contribution is 2.29. The van der Waals surface area contributed by atoms with Gasteiger partial charge in [-0.1, -0.05) is 11.8 Å². The quantitative estimate of drug-likeness (QED) is 0.816. The minimum Gasteiger partial charge on any atom is -0.481 e. The first kappa shape index (κ1) is 18.6. The summed E-state index contributed by atoms with van der Waals surface area (Å²) in [7, 11) is 0. The summed E-state index contributed by atoms with van der Waals surface area (Å²) in [4.78, 5) is 28.2. The van der Waals surface area contributed by atoms with Gasteiger partial charge in [-0.2, -0.15) is 13.2 Å². The number of halogens is 3. The summed E-state index contributed by atoms with van der Waals surface area (Å²) < 4.78 is 37.3. The van der Waals surface area contributed by atoms with Gasteiger partial charge in [-0.05, 0) is 30.9 Å². The highest BCUT2D eigenvalue weighted by atomic mass is 32.2. The highest BCUT2D eigenvalue weighted by Gasteiger charge is 2.30. The molecule has 0 aromatic carbocycles. The summed E-state index contributed by atoms with van der Waals surface area (Å²) in [5.41, 5.74) is -0.821. The number of carbonyl (C=O) groups excluding carboxylic acids is 1. The molecular weight excluding hydrogens is 345 g/mol. The van der Waals surface area contributed by atoms with Crippen molar-refractivity contribution in [2.45, 2.75) is 30.5 Å². The monoisotopic (exact) mass is 362 g/mol. The van der Waals surface area contributed by atoms with Crippen molar-refractivity contribution in [2.24, 2.45) is 5.92 Å². The van der Waals surface area contributed by atoms with Gasteiger partial charge in [0.05, 0.1) is 16.3 Å². The van der Waals surface area contributed by atoms with E-state index in [4.69, 9.17) is 5.11 Å². The smallest absolute Gasteiger partial charge is 0.417 e. The molecule has 2 heterocycles. The number of pyridine rings is 1. The molecular formula is C15H17F3N2O3S. The maximum Gasteiger partial charge on any atom is 0.417 e. The third-order valence-electron chi connectivity index (χ3n) is 3.84. The van der Waals surface area contributed by atoms with Crippen LogP contribution in [0.2, 0.25) is 0 Å². The van der Waals surface area contributed by atoms with E-state index in [1.807, 2.05) is 0 Å².